The molecule has 0 radical (unpaired) electrons. The van der Waals surface area contributed by atoms with Crippen molar-refractivity contribution in [2.45, 2.75) is 31.5 Å². The summed E-state index contributed by atoms with van der Waals surface area (Å²) in [6.45, 7) is 2.65. The maximum Gasteiger partial charge on any atom is 0.275 e. The SMILES string of the molecule is C[C@H](C(=O)N1CCC2(CC1)NC(=O)c1ccccc1N2)n1ncc2ccccc2c1=O. The molecular formula is C23H23N5O3. The van der Waals surface area contributed by atoms with Crippen molar-refractivity contribution in [1.29, 1.82) is 0 Å². The van der Waals surface area contributed by atoms with E-state index in [4.69, 9.17) is 0 Å². The summed E-state index contributed by atoms with van der Waals surface area (Å²) in [5.41, 5.74) is 0.599. The van der Waals surface area contributed by atoms with Crippen LogP contribution >= 0.6 is 0 Å². The largest absolute Gasteiger partial charge is 0.362 e. The molecule has 158 valence electrons. The van der Waals surface area contributed by atoms with E-state index in [-0.39, 0.29) is 17.4 Å². The molecule has 3 heterocycles. The third-order valence-corrected chi connectivity index (χ3v) is 6.27. The van der Waals surface area contributed by atoms with Crippen LogP contribution in [0.2, 0.25) is 0 Å². The molecule has 8 nitrogen and oxygen atoms in total. The Bertz CT molecular complexity index is 1240. The molecule has 2 N–H and O–H groups in total. The van der Waals surface area contributed by atoms with Crippen LogP contribution in [0.3, 0.4) is 0 Å². The minimum Gasteiger partial charge on any atom is -0.362 e. The molecule has 0 saturated carbocycles. The zero-order chi connectivity index (χ0) is 21.6. The number of amides is 2. The highest BCUT2D eigenvalue weighted by atomic mass is 16.2. The van der Waals surface area contributed by atoms with E-state index >= 15 is 0 Å². The van der Waals surface area contributed by atoms with E-state index in [0.29, 0.717) is 36.9 Å². The minimum absolute atomic E-state index is 0.102. The normalized spacial score (nSPS) is 18.2. The van der Waals surface area contributed by atoms with Crippen molar-refractivity contribution in [1.82, 2.24) is 20.0 Å². The molecule has 1 atom stereocenters. The fraction of sp³-hybridized carbons (Fsp3) is 0.304. The predicted molar refractivity (Wildman–Crippen MR) is 117 cm³/mol. The Morgan fingerprint density at radius 2 is 1.74 bits per heavy atom. The van der Waals surface area contributed by atoms with Gasteiger partial charge in [-0.3, -0.25) is 14.4 Å². The monoisotopic (exact) mass is 417 g/mol. The Kier molecular flexibility index (Phi) is 4.50. The van der Waals surface area contributed by atoms with Crippen molar-refractivity contribution in [2.24, 2.45) is 0 Å². The summed E-state index contributed by atoms with van der Waals surface area (Å²) in [4.78, 5) is 40.2. The number of nitrogens with one attached hydrogen (secondary N) is 2. The van der Waals surface area contributed by atoms with Gasteiger partial charge in [0.05, 0.1) is 17.1 Å². The summed E-state index contributed by atoms with van der Waals surface area (Å²) >= 11 is 0. The average Bonchev–Trinajstić information content (AvgIpc) is 2.79. The fourth-order valence-electron chi connectivity index (χ4n) is 4.47. The highest BCUT2D eigenvalue weighted by Crippen LogP contribution is 2.31. The van der Waals surface area contributed by atoms with Gasteiger partial charge in [0.2, 0.25) is 5.91 Å². The number of fused-ring (bicyclic) bond motifs is 2. The van der Waals surface area contributed by atoms with Gasteiger partial charge >= 0.3 is 0 Å². The smallest absolute Gasteiger partial charge is 0.275 e. The number of para-hydroxylation sites is 1. The molecule has 1 saturated heterocycles. The zero-order valence-corrected chi connectivity index (χ0v) is 17.2. The van der Waals surface area contributed by atoms with E-state index in [0.717, 1.165) is 11.1 Å². The lowest BCUT2D eigenvalue weighted by Gasteiger charge is -2.46. The maximum absolute atomic E-state index is 13.1. The second kappa shape index (κ2) is 7.23. The third kappa shape index (κ3) is 3.24. The summed E-state index contributed by atoms with van der Waals surface area (Å²) in [5, 5.41) is 12.1. The molecule has 8 heteroatoms. The van der Waals surface area contributed by atoms with Gasteiger partial charge in [0.15, 0.2) is 0 Å². The first-order valence-electron chi connectivity index (χ1n) is 10.4. The fourth-order valence-corrected chi connectivity index (χ4v) is 4.47. The maximum atomic E-state index is 13.1. The number of carbonyl (C=O) groups excluding carboxylic acids is 2. The van der Waals surface area contributed by atoms with Gasteiger partial charge in [-0.1, -0.05) is 30.3 Å². The third-order valence-electron chi connectivity index (χ3n) is 6.27. The molecule has 0 bridgehead atoms. The number of piperidine rings is 1. The van der Waals surface area contributed by atoms with Gasteiger partial charge in [-0.25, -0.2) is 4.68 Å². The van der Waals surface area contributed by atoms with E-state index in [9.17, 15) is 14.4 Å². The number of hydrogen-bond donors (Lipinski definition) is 2. The molecule has 3 aromatic rings. The van der Waals surface area contributed by atoms with E-state index < -0.39 is 11.7 Å². The lowest BCUT2D eigenvalue weighted by Crippen LogP contribution is -2.63. The van der Waals surface area contributed by atoms with Gasteiger partial charge in [0.25, 0.3) is 11.5 Å². The van der Waals surface area contributed by atoms with Crippen molar-refractivity contribution in [3.05, 3.63) is 70.6 Å². The van der Waals surface area contributed by atoms with Crippen molar-refractivity contribution >= 4 is 28.3 Å². The number of anilines is 1. The van der Waals surface area contributed by atoms with Gasteiger partial charge in [0, 0.05) is 37.0 Å². The Morgan fingerprint density at radius 1 is 1.03 bits per heavy atom. The van der Waals surface area contributed by atoms with Crippen molar-refractivity contribution in [3.8, 4) is 0 Å². The van der Waals surface area contributed by atoms with Crippen LogP contribution in [0, 0.1) is 0 Å². The van der Waals surface area contributed by atoms with Crippen molar-refractivity contribution in [3.63, 3.8) is 0 Å². The Hall–Kier alpha value is -3.68. The molecule has 2 aliphatic heterocycles. The van der Waals surface area contributed by atoms with E-state index in [1.54, 1.807) is 36.2 Å². The number of likely N-dealkylation sites (tertiary alicyclic amines) is 1. The first-order chi connectivity index (χ1) is 15.0. The van der Waals surface area contributed by atoms with Crippen LogP contribution in [-0.2, 0) is 4.79 Å². The van der Waals surface area contributed by atoms with Crippen LogP contribution in [0.1, 0.15) is 36.2 Å². The Balaban J connectivity index is 1.32. The van der Waals surface area contributed by atoms with Crippen LogP contribution in [0.25, 0.3) is 10.8 Å². The molecular weight excluding hydrogens is 394 g/mol. The van der Waals surface area contributed by atoms with Crippen LogP contribution in [0.15, 0.2) is 59.5 Å². The number of nitrogens with zero attached hydrogens (tertiary/aromatic N) is 3. The van der Waals surface area contributed by atoms with Gasteiger partial charge in [0.1, 0.15) is 11.7 Å². The standard InChI is InChI=1S/C23H23N5O3/c1-15(28-22(31)17-7-3-2-6-16(17)14-24-28)21(30)27-12-10-23(11-13-27)25-19-9-5-4-8-18(19)20(29)26-23/h2-9,14-15,25H,10-13H2,1H3,(H,26,29)/t15-/m1/s1. The number of carbonyl (C=O) groups is 2. The molecule has 2 amide bonds. The van der Waals surface area contributed by atoms with Crippen molar-refractivity contribution < 1.29 is 9.59 Å². The summed E-state index contributed by atoms with van der Waals surface area (Å²) in [5.74, 6) is -0.253. The summed E-state index contributed by atoms with van der Waals surface area (Å²) in [6, 6.07) is 13.9. The van der Waals surface area contributed by atoms with E-state index in [1.165, 1.54) is 4.68 Å². The molecule has 0 unspecified atom stereocenters. The second-order valence-corrected chi connectivity index (χ2v) is 8.19. The number of hydrogen-bond acceptors (Lipinski definition) is 5. The van der Waals surface area contributed by atoms with Crippen LogP contribution in [0.4, 0.5) is 5.69 Å². The van der Waals surface area contributed by atoms with Crippen LogP contribution in [-0.4, -0.2) is 45.2 Å². The average molecular weight is 417 g/mol. The summed E-state index contributed by atoms with van der Waals surface area (Å²) in [6.07, 6.45) is 2.77. The number of aromatic nitrogens is 2. The van der Waals surface area contributed by atoms with Gasteiger partial charge in [-0.2, -0.15) is 5.10 Å². The van der Waals surface area contributed by atoms with Gasteiger partial charge in [-0.15, -0.1) is 0 Å². The Labute approximate surface area is 178 Å². The predicted octanol–water partition coefficient (Wildman–Crippen LogP) is 2.13. The van der Waals surface area contributed by atoms with E-state index in [1.807, 2.05) is 30.3 Å². The van der Waals surface area contributed by atoms with Crippen LogP contribution in [0.5, 0.6) is 0 Å². The summed E-state index contributed by atoms with van der Waals surface area (Å²) < 4.78 is 1.26. The van der Waals surface area contributed by atoms with Crippen LogP contribution < -0.4 is 16.2 Å². The van der Waals surface area contributed by atoms with Gasteiger partial charge in [-0.05, 0) is 25.1 Å². The second-order valence-electron chi connectivity index (χ2n) is 8.19. The lowest BCUT2D eigenvalue weighted by molar-refractivity contribution is -0.136. The topological polar surface area (TPSA) is 96.3 Å². The summed E-state index contributed by atoms with van der Waals surface area (Å²) in [7, 11) is 0. The zero-order valence-electron chi connectivity index (χ0n) is 17.2. The molecule has 1 spiro atoms. The first kappa shape index (κ1) is 19.3. The first-order valence-corrected chi connectivity index (χ1v) is 10.4. The number of benzene rings is 2. The minimum atomic E-state index is -0.708. The molecule has 2 aliphatic rings. The van der Waals surface area contributed by atoms with E-state index in [2.05, 4.69) is 15.7 Å². The highest BCUT2D eigenvalue weighted by molar-refractivity contribution is 6.02. The quantitative estimate of drug-likeness (QED) is 0.666. The number of rotatable bonds is 2. The molecule has 1 aromatic heterocycles. The van der Waals surface area contributed by atoms with Crippen molar-refractivity contribution in [2.75, 3.05) is 18.4 Å². The Morgan fingerprint density at radius 3 is 2.55 bits per heavy atom. The molecule has 5 rings (SSSR count). The molecule has 1 fully saturated rings. The lowest BCUT2D eigenvalue weighted by atomic mass is 9.92. The highest BCUT2D eigenvalue weighted by Gasteiger charge is 2.41. The van der Waals surface area contributed by atoms with Gasteiger partial charge < -0.3 is 15.5 Å². The molecule has 0 aliphatic carbocycles. The molecule has 2 aromatic carbocycles. The molecule has 31 heavy (non-hydrogen) atoms.